The lowest BCUT2D eigenvalue weighted by atomic mass is 9.69. The number of nitrogens with one attached hydrogen (secondary N) is 3. The van der Waals surface area contributed by atoms with E-state index < -0.39 is 15.9 Å². The zero-order valence-corrected chi connectivity index (χ0v) is 30.8. The first-order valence-corrected chi connectivity index (χ1v) is 19.3. The van der Waals surface area contributed by atoms with E-state index in [1.165, 1.54) is 42.5 Å². The summed E-state index contributed by atoms with van der Waals surface area (Å²) in [5, 5.41) is 11.0. The Labute approximate surface area is 295 Å². The molecule has 2 aliphatic carbocycles. The quantitative estimate of drug-likeness (QED) is 0.157. The predicted molar refractivity (Wildman–Crippen MR) is 191 cm³/mol. The summed E-state index contributed by atoms with van der Waals surface area (Å²) in [5.41, 5.74) is 0.828. The van der Waals surface area contributed by atoms with E-state index in [9.17, 15) is 13.2 Å². The molecule has 0 bridgehead atoms. The molecule has 4 heterocycles. The first-order valence-electron chi connectivity index (χ1n) is 17.5. The van der Waals surface area contributed by atoms with Crippen molar-refractivity contribution in [2.24, 2.45) is 28.6 Å². The number of hydrogen-bond acceptors (Lipinski definition) is 9. The molecular weight excluding hydrogens is 662 g/mol. The van der Waals surface area contributed by atoms with Gasteiger partial charge in [0.1, 0.15) is 11.0 Å². The van der Waals surface area contributed by atoms with Crippen molar-refractivity contribution in [3.8, 4) is 11.7 Å². The lowest BCUT2D eigenvalue weighted by Gasteiger charge is -2.37. The van der Waals surface area contributed by atoms with Crippen LogP contribution in [0.15, 0.2) is 47.6 Å². The Morgan fingerprint density at radius 2 is 1.94 bits per heavy atom. The minimum absolute atomic E-state index is 0.0870. The molecule has 3 fully saturated rings. The highest BCUT2D eigenvalue weighted by atomic mass is 35.5. The van der Waals surface area contributed by atoms with Crippen LogP contribution in [0.2, 0.25) is 5.15 Å². The number of amides is 1. The van der Waals surface area contributed by atoms with Gasteiger partial charge in [0.05, 0.1) is 12.2 Å². The first kappa shape index (κ1) is 35.6. The van der Waals surface area contributed by atoms with Gasteiger partial charge in [0.15, 0.2) is 10.8 Å². The van der Waals surface area contributed by atoms with Crippen LogP contribution in [0.3, 0.4) is 0 Å². The molecule has 3 aromatic rings. The predicted octanol–water partition coefficient (Wildman–Crippen LogP) is 6.64. The van der Waals surface area contributed by atoms with Crippen LogP contribution in [-0.4, -0.2) is 59.3 Å². The average molecular weight is 712 g/mol. The number of carbonyl (C=O) groups is 1. The Kier molecular flexibility index (Phi) is 10.0. The Morgan fingerprint density at radius 3 is 2.59 bits per heavy atom. The molecule has 3 N–H and O–H groups in total. The van der Waals surface area contributed by atoms with E-state index in [1.54, 1.807) is 30.5 Å². The molecule has 1 aliphatic heterocycles. The standard InChI is InChI=1S/C36H50ClN7O4S/c1-34(2,3)20-24(19-25-21-35(4,5)39-23-25)22-38-28-7-6-8-31(40-28)49(46,47)43-33(45)27-9-10-29(41-32(27)37)44-17-12-30(42-44)48-18-13-26-11-14-36(26)15-16-36/h6-10,12,17,24-26,39H,11,13-16,18-23H2,1-5H3,(H,38,40)(H,43,45)/t24?,25-,26?/m0/s1. The highest BCUT2D eigenvalue weighted by Gasteiger charge is 2.54. The minimum atomic E-state index is -4.30. The fourth-order valence-electron chi connectivity index (χ4n) is 7.74. The van der Waals surface area contributed by atoms with Crippen LogP contribution in [0.1, 0.15) is 96.3 Å². The van der Waals surface area contributed by atoms with Crippen LogP contribution in [0.5, 0.6) is 5.88 Å². The summed E-state index contributed by atoms with van der Waals surface area (Å²) in [4.78, 5) is 21.7. The van der Waals surface area contributed by atoms with Crippen LogP contribution >= 0.6 is 11.6 Å². The van der Waals surface area contributed by atoms with Crippen LogP contribution in [0.25, 0.3) is 5.82 Å². The van der Waals surface area contributed by atoms with Gasteiger partial charge < -0.3 is 15.4 Å². The number of halogens is 1. The Bertz CT molecular complexity index is 1770. The van der Waals surface area contributed by atoms with Gasteiger partial charge in [-0.15, -0.1) is 5.10 Å². The van der Waals surface area contributed by atoms with Gasteiger partial charge in [-0.3, -0.25) is 4.79 Å². The molecule has 11 nitrogen and oxygen atoms in total. The van der Waals surface area contributed by atoms with Gasteiger partial charge >= 0.3 is 0 Å². The number of carbonyl (C=O) groups excluding carboxylic acids is 1. The minimum Gasteiger partial charge on any atom is -0.477 e. The number of anilines is 1. The summed E-state index contributed by atoms with van der Waals surface area (Å²) in [6.45, 7) is 13.5. The van der Waals surface area contributed by atoms with Crippen molar-refractivity contribution in [1.82, 2.24) is 29.8 Å². The molecule has 1 saturated heterocycles. The maximum Gasteiger partial charge on any atom is 0.281 e. The molecule has 0 radical (unpaired) electrons. The van der Waals surface area contributed by atoms with Crippen molar-refractivity contribution >= 4 is 33.3 Å². The van der Waals surface area contributed by atoms with Crippen LogP contribution in [0, 0.1) is 28.6 Å². The smallest absolute Gasteiger partial charge is 0.281 e. The van der Waals surface area contributed by atoms with Crippen molar-refractivity contribution < 1.29 is 17.9 Å². The largest absolute Gasteiger partial charge is 0.477 e. The maximum atomic E-state index is 13.3. The number of nitrogens with zero attached hydrogens (tertiary/aromatic N) is 4. The van der Waals surface area contributed by atoms with Gasteiger partial charge in [-0.25, -0.2) is 19.4 Å². The molecule has 2 saturated carbocycles. The molecule has 6 rings (SSSR count). The van der Waals surface area contributed by atoms with E-state index in [-0.39, 0.29) is 26.7 Å². The Hall–Kier alpha value is -3.22. The van der Waals surface area contributed by atoms with Crippen molar-refractivity contribution in [2.75, 3.05) is 25.0 Å². The monoisotopic (exact) mass is 711 g/mol. The van der Waals surface area contributed by atoms with E-state index in [1.807, 2.05) is 0 Å². The van der Waals surface area contributed by atoms with Gasteiger partial charge in [0.25, 0.3) is 15.9 Å². The normalized spacial score (nSPS) is 21.6. The zero-order chi connectivity index (χ0) is 35.0. The summed E-state index contributed by atoms with van der Waals surface area (Å²) in [6, 6.07) is 9.43. The van der Waals surface area contributed by atoms with E-state index in [0.29, 0.717) is 47.9 Å². The van der Waals surface area contributed by atoms with E-state index in [4.69, 9.17) is 16.3 Å². The molecule has 1 spiro atoms. The number of aromatic nitrogens is 4. The Balaban J connectivity index is 1.04. The van der Waals surface area contributed by atoms with Crippen molar-refractivity contribution in [3.63, 3.8) is 0 Å². The molecular formula is C36H50ClN7O4S. The zero-order valence-electron chi connectivity index (χ0n) is 29.3. The van der Waals surface area contributed by atoms with Crippen molar-refractivity contribution in [2.45, 2.75) is 96.6 Å². The lowest BCUT2D eigenvalue weighted by Crippen LogP contribution is -2.31. The summed E-state index contributed by atoms with van der Waals surface area (Å²) < 4.78 is 36.0. The number of ether oxygens (including phenoxy) is 1. The first-order chi connectivity index (χ1) is 23.1. The molecule has 2 unspecified atom stereocenters. The highest BCUT2D eigenvalue weighted by Crippen LogP contribution is 2.65. The topological polar surface area (TPSA) is 140 Å². The third-order valence-electron chi connectivity index (χ3n) is 10.4. The molecule has 3 aliphatic rings. The fourth-order valence-corrected chi connectivity index (χ4v) is 8.91. The molecule has 3 atom stereocenters. The third-order valence-corrected chi connectivity index (χ3v) is 11.9. The maximum absolute atomic E-state index is 13.3. The van der Waals surface area contributed by atoms with Gasteiger partial charge in [-0.05, 0) is 125 Å². The van der Waals surface area contributed by atoms with Gasteiger partial charge in [0, 0.05) is 24.3 Å². The van der Waals surface area contributed by atoms with Gasteiger partial charge in [-0.2, -0.15) is 8.42 Å². The summed E-state index contributed by atoms with van der Waals surface area (Å²) in [7, 11) is -4.30. The molecule has 13 heteroatoms. The molecule has 0 aromatic carbocycles. The number of rotatable bonds is 14. The number of pyridine rings is 2. The lowest BCUT2D eigenvalue weighted by molar-refractivity contribution is 0.0981. The average Bonchev–Trinajstić information content (AvgIpc) is 3.61. The second-order valence-corrected chi connectivity index (χ2v) is 18.2. The fraction of sp³-hybridized carbons (Fsp3) is 0.611. The van der Waals surface area contributed by atoms with Crippen LogP contribution in [0.4, 0.5) is 5.82 Å². The molecule has 266 valence electrons. The van der Waals surface area contributed by atoms with E-state index >= 15 is 0 Å². The number of hydrogen-bond donors (Lipinski definition) is 3. The summed E-state index contributed by atoms with van der Waals surface area (Å²) in [5.74, 6) is 2.11. The van der Waals surface area contributed by atoms with Crippen molar-refractivity contribution in [1.29, 1.82) is 0 Å². The van der Waals surface area contributed by atoms with Gasteiger partial charge in [-0.1, -0.05) is 38.4 Å². The highest BCUT2D eigenvalue weighted by molar-refractivity contribution is 7.90. The molecule has 49 heavy (non-hydrogen) atoms. The third kappa shape index (κ3) is 8.93. The Morgan fingerprint density at radius 1 is 1.14 bits per heavy atom. The van der Waals surface area contributed by atoms with Crippen molar-refractivity contribution in [3.05, 3.63) is 53.3 Å². The second kappa shape index (κ2) is 13.8. The van der Waals surface area contributed by atoms with Crippen LogP contribution in [-0.2, 0) is 10.0 Å². The summed E-state index contributed by atoms with van der Waals surface area (Å²) in [6.07, 6.45) is 11.3. The molecule has 1 amide bonds. The number of sulfonamides is 1. The van der Waals surface area contributed by atoms with E-state index in [2.05, 4.69) is 65.0 Å². The second-order valence-electron chi connectivity index (χ2n) is 16.2. The van der Waals surface area contributed by atoms with Crippen LogP contribution < -0.4 is 20.1 Å². The summed E-state index contributed by atoms with van der Waals surface area (Å²) >= 11 is 6.38. The van der Waals surface area contributed by atoms with Gasteiger partial charge in [0.2, 0.25) is 5.88 Å². The van der Waals surface area contributed by atoms with E-state index in [0.717, 1.165) is 38.1 Å². The molecule has 3 aromatic heterocycles. The SMILES string of the molecule is CC(C)(C)CC(CNc1cccc(S(=O)(=O)NC(=O)c2ccc(-n3ccc(OCCC4CCC45CC5)n3)nc2Cl)n1)C[C@@H]1CNC(C)(C)C1.